The number of imide groups is 1. The summed E-state index contributed by atoms with van der Waals surface area (Å²) in [6.45, 7) is -1.20. The van der Waals surface area contributed by atoms with Crippen LogP contribution in [0.1, 0.15) is 20.7 Å². The molecule has 8 nitrogen and oxygen atoms in total. The van der Waals surface area contributed by atoms with Crippen molar-refractivity contribution < 1.29 is 28.3 Å². The van der Waals surface area contributed by atoms with Gasteiger partial charge < -0.3 is 4.74 Å². The van der Waals surface area contributed by atoms with Crippen molar-refractivity contribution in [3.8, 4) is 11.3 Å². The number of aromatic nitrogens is 1. The van der Waals surface area contributed by atoms with Crippen molar-refractivity contribution >= 4 is 40.2 Å². The fourth-order valence-corrected chi connectivity index (χ4v) is 3.68. The van der Waals surface area contributed by atoms with E-state index in [2.05, 4.69) is 10.3 Å². The van der Waals surface area contributed by atoms with Gasteiger partial charge in [-0.3, -0.25) is 29.4 Å². The maximum absolute atomic E-state index is 13.0. The van der Waals surface area contributed by atoms with Crippen LogP contribution < -0.4 is 5.32 Å². The quantitative estimate of drug-likeness (QED) is 0.468. The zero-order chi connectivity index (χ0) is 22.0. The zero-order valence-corrected chi connectivity index (χ0v) is 16.6. The average molecular weight is 439 g/mol. The van der Waals surface area contributed by atoms with Crippen molar-refractivity contribution in [2.45, 2.75) is 0 Å². The number of thiazole rings is 1. The lowest BCUT2D eigenvalue weighted by Gasteiger charge is -2.12. The Morgan fingerprint density at radius 2 is 1.68 bits per heavy atom. The van der Waals surface area contributed by atoms with Crippen LogP contribution in [0.4, 0.5) is 9.52 Å². The Bertz CT molecular complexity index is 1160. The molecule has 0 aliphatic carbocycles. The molecule has 0 bridgehead atoms. The van der Waals surface area contributed by atoms with Gasteiger partial charge in [0, 0.05) is 10.9 Å². The first-order valence-corrected chi connectivity index (χ1v) is 9.92. The largest absolute Gasteiger partial charge is 0.454 e. The summed E-state index contributed by atoms with van der Waals surface area (Å²) in [6, 6.07) is 12.0. The minimum absolute atomic E-state index is 0.221. The Hall–Kier alpha value is -3.92. The molecule has 2 heterocycles. The SMILES string of the molecule is O=C(COC(=O)CN1C(=O)c2ccccc2C1=O)Nc1nc(-c2ccc(F)cc2)cs1. The number of benzene rings is 2. The van der Waals surface area contributed by atoms with Gasteiger partial charge in [-0.1, -0.05) is 12.1 Å². The molecule has 0 saturated heterocycles. The van der Waals surface area contributed by atoms with Crippen LogP contribution in [0.15, 0.2) is 53.9 Å². The van der Waals surface area contributed by atoms with Crippen LogP contribution in [-0.4, -0.2) is 46.7 Å². The van der Waals surface area contributed by atoms with Crippen LogP contribution >= 0.6 is 11.3 Å². The van der Waals surface area contributed by atoms with Gasteiger partial charge in [0.05, 0.1) is 16.8 Å². The zero-order valence-electron chi connectivity index (χ0n) is 15.8. The summed E-state index contributed by atoms with van der Waals surface area (Å²) in [5.41, 5.74) is 1.69. The Morgan fingerprint density at radius 3 is 2.32 bits per heavy atom. The van der Waals surface area contributed by atoms with Crippen molar-refractivity contribution in [2.24, 2.45) is 0 Å². The van der Waals surface area contributed by atoms with Gasteiger partial charge in [0.2, 0.25) is 0 Å². The molecule has 0 radical (unpaired) electrons. The molecule has 3 amide bonds. The molecule has 31 heavy (non-hydrogen) atoms. The van der Waals surface area contributed by atoms with Crippen molar-refractivity contribution in [3.05, 3.63) is 70.9 Å². The predicted octanol–water partition coefficient (Wildman–Crippen LogP) is 2.73. The number of ether oxygens (including phenoxy) is 1. The number of hydrogen-bond acceptors (Lipinski definition) is 7. The highest BCUT2D eigenvalue weighted by Gasteiger charge is 2.36. The van der Waals surface area contributed by atoms with Gasteiger partial charge in [-0.05, 0) is 36.4 Å². The number of halogens is 1. The lowest BCUT2D eigenvalue weighted by molar-refractivity contribution is -0.147. The molecule has 10 heteroatoms. The number of fused-ring (bicyclic) bond motifs is 1. The first-order chi connectivity index (χ1) is 14.9. The van der Waals surface area contributed by atoms with E-state index >= 15 is 0 Å². The third-order valence-electron chi connectivity index (χ3n) is 4.42. The third-order valence-corrected chi connectivity index (χ3v) is 5.18. The normalized spacial score (nSPS) is 12.6. The van der Waals surface area contributed by atoms with Gasteiger partial charge in [-0.25, -0.2) is 9.37 Å². The summed E-state index contributed by atoms with van der Waals surface area (Å²) in [5.74, 6) is -3.06. The molecule has 1 aliphatic rings. The van der Waals surface area contributed by atoms with E-state index in [9.17, 15) is 23.6 Å². The molecule has 1 aliphatic heterocycles. The Labute approximate surface area is 179 Å². The van der Waals surface area contributed by atoms with Crippen molar-refractivity contribution in [3.63, 3.8) is 0 Å². The summed E-state index contributed by atoms with van der Waals surface area (Å²) in [5, 5.41) is 4.46. The molecule has 0 saturated carbocycles. The number of nitrogens with one attached hydrogen (secondary N) is 1. The number of nitrogens with zero attached hydrogens (tertiary/aromatic N) is 2. The van der Waals surface area contributed by atoms with Gasteiger partial charge >= 0.3 is 5.97 Å². The van der Waals surface area contributed by atoms with E-state index < -0.39 is 36.8 Å². The average Bonchev–Trinajstić information content (AvgIpc) is 3.32. The molecule has 0 unspecified atom stereocenters. The minimum Gasteiger partial charge on any atom is -0.454 e. The lowest BCUT2D eigenvalue weighted by Crippen LogP contribution is -2.36. The van der Waals surface area contributed by atoms with E-state index in [-0.39, 0.29) is 22.1 Å². The monoisotopic (exact) mass is 439 g/mol. The lowest BCUT2D eigenvalue weighted by atomic mass is 10.1. The van der Waals surface area contributed by atoms with E-state index in [0.717, 1.165) is 16.2 Å². The van der Waals surface area contributed by atoms with E-state index in [4.69, 9.17) is 4.74 Å². The molecule has 1 N–H and O–H groups in total. The predicted molar refractivity (Wildman–Crippen MR) is 109 cm³/mol. The van der Waals surface area contributed by atoms with Gasteiger partial charge in [-0.2, -0.15) is 0 Å². The topological polar surface area (TPSA) is 106 Å². The second-order valence-electron chi connectivity index (χ2n) is 6.50. The number of hydrogen-bond donors (Lipinski definition) is 1. The molecular weight excluding hydrogens is 425 g/mol. The van der Waals surface area contributed by atoms with Gasteiger partial charge in [-0.15, -0.1) is 11.3 Å². The highest BCUT2D eigenvalue weighted by molar-refractivity contribution is 7.14. The van der Waals surface area contributed by atoms with Gasteiger partial charge in [0.25, 0.3) is 17.7 Å². The molecule has 0 fully saturated rings. The Kier molecular flexibility index (Phi) is 5.54. The van der Waals surface area contributed by atoms with Crippen LogP contribution in [-0.2, 0) is 14.3 Å². The summed E-state index contributed by atoms with van der Waals surface area (Å²) < 4.78 is 17.9. The van der Waals surface area contributed by atoms with E-state index in [1.807, 2.05) is 0 Å². The Balaban J connectivity index is 1.29. The molecule has 4 rings (SSSR count). The molecule has 0 atom stereocenters. The van der Waals surface area contributed by atoms with Crippen LogP contribution in [0.5, 0.6) is 0 Å². The number of amides is 3. The molecule has 156 valence electrons. The van der Waals surface area contributed by atoms with E-state index in [0.29, 0.717) is 11.3 Å². The molecule has 3 aromatic rings. The third kappa shape index (κ3) is 4.33. The number of carbonyl (C=O) groups excluding carboxylic acids is 4. The molecular formula is C21H14FN3O5S. The number of carbonyl (C=O) groups is 4. The van der Waals surface area contributed by atoms with Crippen LogP contribution in [0, 0.1) is 5.82 Å². The minimum atomic E-state index is -0.893. The second kappa shape index (κ2) is 8.44. The highest BCUT2D eigenvalue weighted by Crippen LogP contribution is 2.25. The standard InChI is InChI=1S/C21H14FN3O5S/c22-13-7-5-12(6-8-13)16-11-31-21(23-16)24-17(26)10-30-18(27)9-25-19(28)14-3-1-2-4-15(14)20(25)29/h1-8,11H,9-10H2,(H,23,24,26). The molecule has 2 aromatic carbocycles. The van der Waals surface area contributed by atoms with E-state index in [1.54, 1.807) is 29.6 Å². The van der Waals surface area contributed by atoms with E-state index in [1.165, 1.54) is 24.3 Å². The maximum atomic E-state index is 13.0. The highest BCUT2D eigenvalue weighted by atomic mass is 32.1. The first-order valence-electron chi connectivity index (χ1n) is 9.04. The summed E-state index contributed by atoms with van der Waals surface area (Å²) in [4.78, 5) is 53.6. The summed E-state index contributed by atoms with van der Waals surface area (Å²) >= 11 is 1.16. The number of rotatable bonds is 6. The van der Waals surface area contributed by atoms with Crippen molar-refractivity contribution in [2.75, 3.05) is 18.5 Å². The summed E-state index contributed by atoms with van der Waals surface area (Å²) in [7, 11) is 0. The Morgan fingerprint density at radius 1 is 1.03 bits per heavy atom. The van der Waals surface area contributed by atoms with Crippen LogP contribution in [0.25, 0.3) is 11.3 Å². The maximum Gasteiger partial charge on any atom is 0.326 e. The molecule has 1 aromatic heterocycles. The second-order valence-corrected chi connectivity index (χ2v) is 7.35. The smallest absolute Gasteiger partial charge is 0.326 e. The van der Waals surface area contributed by atoms with Crippen LogP contribution in [0.2, 0.25) is 0 Å². The fraction of sp³-hybridized carbons (Fsp3) is 0.0952. The number of anilines is 1. The molecule has 0 spiro atoms. The van der Waals surface area contributed by atoms with Crippen LogP contribution in [0.3, 0.4) is 0 Å². The summed E-state index contributed by atoms with van der Waals surface area (Å²) in [6.07, 6.45) is 0. The van der Waals surface area contributed by atoms with Gasteiger partial charge in [0.1, 0.15) is 12.4 Å². The fourth-order valence-electron chi connectivity index (χ4n) is 2.94. The van der Waals surface area contributed by atoms with Gasteiger partial charge in [0.15, 0.2) is 11.7 Å². The van der Waals surface area contributed by atoms with Crippen molar-refractivity contribution in [1.82, 2.24) is 9.88 Å². The van der Waals surface area contributed by atoms with Crippen molar-refractivity contribution in [1.29, 1.82) is 0 Å². The first kappa shape index (κ1) is 20.4. The number of esters is 1.